The average molecular weight is 360 g/mol. The SMILES string of the molecule is Cc1cc(Br)c(Nc2cccc(F)c2[N+](=O)[O-])cc1Cl. The van der Waals surface area contributed by atoms with Crippen molar-refractivity contribution in [3.8, 4) is 0 Å². The molecule has 0 heterocycles. The average Bonchev–Trinajstić information content (AvgIpc) is 2.35. The first-order chi connectivity index (χ1) is 9.40. The zero-order valence-electron chi connectivity index (χ0n) is 10.3. The highest BCUT2D eigenvalue weighted by Gasteiger charge is 2.20. The fourth-order valence-electron chi connectivity index (χ4n) is 1.69. The fourth-order valence-corrected chi connectivity index (χ4v) is 2.41. The Morgan fingerprint density at radius 2 is 2.05 bits per heavy atom. The minimum absolute atomic E-state index is 0.0654. The minimum Gasteiger partial charge on any atom is -0.349 e. The standard InChI is InChI=1S/C13H9BrClFN2O2/c1-7-5-8(14)12(6-9(7)15)17-11-4-2-3-10(16)13(11)18(19)20/h2-6,17H,1H3. The Balaban J connectivity index is 2.48. The number of nitrogens with one attached hydrogen (secondary N) is 1. The van der Waals surface area contributed by atoms with Gasteiger partial charge in [-0.05, 0) is 52.7 Å². The molecule has 0 spiro atoms. The van der Waals surface area contributed by atoms with Crippen LogP contribution in [0.2, 0.25) is 5.02 Å². The van der Waals surface area contributed by atoms with Crippen LogP contribution in [-0.2, 0) is 0 Å². The van der Waals surface area contributed by atoms with E-state index in [0.717, 1.165) is 11.6 Å². The summed E-state index contributed by atoms with van der Waals surface area (Å²) in [4.78, 5) is 10.2. The number of anilines is 2. The maximum atomic E-state index is 13.5. The van der Waals surface area contributed by atoms with E-state index in [4.69, 9.17) is 11.6 Å². The normalized spacial score (nSPS) is 10.4. The van der Waals surface area contributed by atoms with E-state index >= 15 is 0 Å². The monoisotopic (exact) mass is 358 g/mol. The third kappa shape index (κ3) is 2.91. The Morgan fingerprint density at radius 3 is 2.70 bits per heavy atom. The molecule has 0 aliphatic heterocycles. The third-order valence-electron chi connectivity index (χ3n) is 2.69. The lowest BCUT2D eigenvalue weighted by atomic mass is 10.2. The van der Waals surface area contributed by atoms with Gasteiger partial charge in [-0.25, -0.2) is 0 Å². The summed E-state index contributed by atoms with van der Waals surface area (Å²) in [5, 5.41) is 14.3. The van der Waals surface area contributed by atoms with Gasteiger partial charge in [0.25, 0.3) is 0 Å². The van der Waals surface area contributed by atoms with Gasteiger partial charge in [0.05, 0.1) is 10.6 Å². The molecule has 0 unspecified atom stereocenters. The van der Waals surface area contributed by atoms with Gasteiger partial charge in [0.1, 0.15) is 5.69 Å². The van der Waals surface area contributed by atoms with E-state index in [1.807, 2.05) is 6.92 Å². The second-order valence-electron chi connectivity index (χ2n) is 4.10. The van der Waals surface area contributed by atoms with E-state index in [1.165, 1.54) is 12.1 Å². The molecule has 0 amide bonds. The van der Waals surface area contributed by atoms with E-state index in [2.05, 4.69) is 21.2 Å². The molecule has 4 nitrogen and oxygen atoms in total. The van der Waals surface area contributed by atoms with Crippen molar-refractivity contribution in [2.24, 2.45) is 0 Å². The number of para-hydroxylation sites is 1. The molecular formula is C13H9BrClFN2O2. The summed E-state index contributed by atoms with van der Waals surface area (Å²) in [6.07, 6.45) is 0. The van der Waals surface area contributed by atoms with Gasteiger partial charge in [0.15, 0.2) is 0 Å². The molecule has 7 heteroatoms. The second kappa shape index (κ2) is 5.76. The van der Waals surface area contributed by atoms with Crippen LogP contribution in [0.15, 0.2) is 34.8 Å². The lowest BCUT2D eigenvalue weighted by Gasteiger charge is -2.11. The van der Waals surface area contributed by atoms with E-state index in [0.29, 0.717) is 15.2 Å². The smallest absolute Gasteiger partial charge is 0.327 e. The van der Waals surface area contributed by atoms with Crippen LogP contribution in [0.4, 0.5) is 21.5 Å². The number of halogens is 3. The molecule has 1 N–H and O–H groups in total. The number of nitrogens with zero attached hydrogens (tertiary/aromatic N) is 1. The molecule has 0 fully saturated rings. The van der Waals surface area contributed by atoms with Crippen molar-refractivity contribution >= 4 is 44.6 Å². The van der Waals surface area contributed by atoms with Crippen LogP contribution >= 0.6 is 27.5 Å². The zero-order valence-corrected chi connectivity index (χ0v) is 12.6. The van der Waals surface area contributed by atoms with Crippen molar-refractivity contribution in [1.29, 1.82) is 0 Å². The summed E-state index contributed by atoms with van der Waals surface area (Å²) in [7, 11) is 0. The molecule has 2 rings (SSSR count). The van der Waals surface area contributed by atoms with E-state index in [-0.39, 0.29) is 5.69 Å². The van der Waals surface area contributed by atoms with Crippen molar-refractivity contribution < 1.29 is 9.31 Å². The van der Waals surface area contributed by atoms with Crippen molar-refractivity contribution in [3.05, 3.63) is 61.3 Å². The van der Waals surface area contributed by atoms with Gasteiger partial charge in [-0.2, -0.15) is 4.39 Å². The van der Waals surface area contributed by atoms with Gasteiger partial charge in [0, 0.05) is 9.50 Å². The number of nitro groups is 1. The quantitative estimate of drug-likeness (QED) is 0.605. The van der Waals surface area contributed by atoms with Crippen LogP contribution in [0.1, 0.15) is 5.56 Å². The number of benzene rings is 2. The second-order valence-corrected chi connectivity index (χ2v) is 5.36. The summed E-state index contributed by atoms with van der Waals surface area (Å²) in [6.45, 7) is 1.83. The number of aryl methyl sites for hydroxylation is 1. The van der Waals surface area contributed by atoms with Crippen LogP contribution in [0.25, 0.3) is 0 Å². The van der Waals surface area contributed by atoms with E-state index in [1.54, 1.807) is 12.1 Å². The highest BCUT2D eigenvalue weighted by molar-refractivity contribution is 9.10. The lowest BCUT2D eigenvalue weighted by Crippen LogP contribution is -2.00. The molecule has 0 atom stereocenters. The maximum Gasteiger partial charge on any atom is 0.327 e. The third-order valence-corrected chi connectivity index (χ3v) is 3.75. The van der Waals surface area contributed by atoms with Gasteiger partial charge in [-0.15, -0.1) is 0 Å². The lowest BCUT2D eigenvalue weighted by molar-refractivity contribution is -0.386. The molecule has 0 radical (unpaired) electrons. The first kappa shape index (κ1) is 14.7. The molecule has 2 aromatic carbocycles. The predicted octanol–water partition coefficient (Wildman–Crippen LogP) is 5.20. The molecule has 0 aliphatic carbocycles. The van der Waals surface area contributed by atoms with Gasteiger partial charge in [-0.3, -0.25) is 10.1 Å². The number of rotatable bonds is 3. The van der Waals surface area contributed by atoms with Crippen molar-refractivity contribution in [3.63, 3.8) is 0 Å². The zero-order chi connectivity index (χ0) is 14.9. The molecule has 0 aliphatic rings. The Bertz CT molecular complexity index is 694. The number of hydrogen-bond donors (Lipinski definition) is 1. The highest BCUT2D eigenvalue weighted by Crippen LogP contribution is 2.35. The number of nitro benzene ring substituents is 1. The first-order valence-corrected chi connectivity index (χ1v) is 6.73. The summed E-state index contributed by atoms with van der Waals surface area (Å²) in [5.41, 5.74) is 0.846. The molecule has 104 valence electrons. The highest BCUT2D eigenvalue weighted by atomic mass is 79.9. The fraction of sp³-hybridized carbons (Fsp3) is 0.0769. The van der Waals surface area contributed by atoms with Crippen LogP contribution in [-0.4, -0.2) is 4.92 Å². The summed E-state index contributed by atoms with van der Waals surface area (Å²) in [5.74, 6) is -0.894. The van der Waals surface area contributed by atoms with Gasteiger partial charge >= 0.3 is 5.69 Å². The molecule has 2 aromatic rings. The van der Waals surface area contributed by atoms with E-state index in [9.17, 15) is 14.5 Å². The van der Waals surface area contributed by atoms with Gasteiger partial charge in [-0.1, -0.05) is 17.7 Å². The minimum atomic E-state index is -0.894. The van der Waals surface area contributed by atoms with Crippen molar-refractivity contribution in [2.45, 2.75) is 6.92 Å². The first-order valence-electron chi connectivity index (χ1n) is 5.55. The molecule has 0 saturated carbocycles. The van der Waals surface area contributed by atoms with Crippen molar-refractivity contribution in [2.75, 3.05) is 5.32 Å². The predicted molar refractivity (Wildman–Crippen MR) is 80.2 cm³/mol. The maximum absolute atomic E-state index is 13.5. The van der Waals surface area contributed by atoms with Crippen molar-refractivity contribution in [1.82, 2.24) is 0 Å². The van der Waals surface area contributed by atoms with Crippen LogP contribution in [0.3, 0.4) is 0 Å². The Morgan fingerprint density at radius 1 is 1.35 bits per heavy atom. The van der Waals surface area contributed by atoms with Crippen LogP contribution in [0, 0.1) is 22.9 Å². The molecule has 0 saturated heterocycles. The Kier molecular flexibility index (Phi) is 4.25. The summed E-state index contributed by atoms with van der Waals surface area (Å²) >= 11 is 9.35. The van der Waals surface area contributed by atoms with Crippen LogP contribution < -0.4 is 5.32 Å². The van der Waals surface area contributed by atoms with Gasteiger partial charge < -0.3 is 5.32 Å². The molecule has 0 bridgehead atoms. The van der Waals surface area contributed by atoms with Gasteiger partial charge in [0.2, 0.25) is 5.82 Å². The Hall–Kier alpha value is -1.66. The molecule has 0 aromatic heterocycles. The summed E-state index contributed by atoms with van der Waals surface area (Å²) in [6, 6.07) is 7.27. The van der Waals surface area contributed by atoms with E-state index < -0.39 is 16.4 Å². The topological polar surface area (TPSA) is 55.2 Å². The molecule has 20 heavy (non-hydrogen) atoms. The molecular weight excluding hydrogens is 351 g/mol. The Labute approximate surface area is 127 Å². The largest absolute Gasteiger partial charge is 0.349 e. The van der Waals surface area contributed by atoms with Crippen LogP contribution in [0.5, 0.6) is 0 Å². The number of hydrogen-bond acceptors (Lipinski definition) is 3. The summed E-state index contributed by atoms with van der Waals surface area (Å²) < 4.78 is 14.2.